The largest absolute Gasteiger partial charge is 0.394 e. The highest BCUT2D eigenvalue weighted by atomic mass is 16.5. The van der Waals surface area contributed by atoms with Gasteiger partial charge in [-0.25, -0.2) is 0 Å². The van der Waals surface area contributed by atoms with E-state index in [-0.39, 0.29) is 12.1 Å². The van der Waals surface area contributed by atoms with Crippen molar-refractivity contribution in [2.24, 2.45) is 0 Å². The van der Waals surface area contributed by atoms with E-state index in [0.29, 0.717) is 18.2 Å². The van der Waals surface area contributed by atoms with Crippen molar-refractivity contribution < 1.29 is 9.84 Å². The van der Waals surface area contributed by atoms with Gasteiger partial charge in [-0.1, -0.05) is 20.8 Å². The SMILES string of the molecule is CCN(CC1CCCO1)C(C)CC(C)(CO)NC(C)C. The molecule has 1 aliphatic heterocycles. The summed E-state index contributed by atoms with van der Waals surface area (Å²) in [5.74, 6) is 0. The molecule has 0 saturated carbocycles. The number of likely N-dealkylation sites (N-methyl/N-ethyl adjacent to an activating group) is 1. The number of nitrogens with zero attached hydrogens (tertiary/aromatic N) is 1. The van der Waals surface area contributed by atoms with Crippen LogP contribution in [0.4, 0.5) is 0 Å². The average Bonchev–Trinajstić information content (AvgIpc) is 2.87. The Balaban J connectivity index is 2.53. The van der Waals surface area contributed by atoms with Crippen LogP contribution in [0.3, 0.4) is 0 Å². The highest BCUT2D eigenvalue weighted by Crippen LogP contribution is 2.20. The Kier molecular flexibility index (Phi) is 7.45. The van der Waals surface area contributed by atoms with Gasteiger partial charge in [0.2, 0.25) is 0 Å². The maximum Gasteiger partial charge on any atom is 0.0702 e. The molecule has 0 spiro atoms. The van der Waals surface area contributed by atoms with Crippen molar-refractivity contribution in [1.29, 1.82) is 0 Å². The second kappa shape index (κ2) is 8.32. The van der Waals surface area contributed by atoms with Gasteiger partial charge in [0, 0.05) is 30.8 Å². The summed E-state index contributed by atoms with van der Waals surface area (Å²) in [6.45, 7) is 14.0. The quantitative estimate of drug-likeness (QED) is 0.680. The van der Waals surface area contributed by atoms with Crippen LogP contribution in [0.5, 0.6) is 0 Å². The first-order valence-corrected chi connectivity index (χ1v) is 8.14. The highest BCUT2D eigenvalue weighted by molar-refractivity contribution is 4.89. The molecule has 0 aromatic heterocycles. The monoisotopic (exact) mass is 286 g/mol. The van der Waals surface area contributed by atoms with E-state index in [0.717, 1.165) is 26.1 Å². The molecule has 3 unspecified atom stereocenters. The fourth-order valence-corrected chi connectivity index (χ4v) is 3.32. The summed E-state index contributed by atoms with van der Waals surface area (Å²) in [7, 11) is 0. The van der Waals surface area contributed by atoms with Crippen molar-refractivity contribution in [3.05, 3.63) is 0 Å². The second-order valence-electron chi connectivity index (χ2n) is 6.79. The Morgan fingerprint density at radius 2 is 2.10 bits per heavy atom. The van der Waals surface area contributed by atoms with E-state index in [2.05, 4.69) is 44.8 Å². The van der Waals surface area contributed by atoms with Gasteiger partial charge in [0.25, 0.3) is 0 Å². The summed E-state index contributed by atoms with van der Waals surface area (Å²) >= 11 is 0. The van der Waals surface area contributed by atoms with Gasteiger partial charge in [0.05, 0.1) is 12.7 Å². The molecule has 120 valence electrons. The molecule has 1 aliphatic rings. The Labute approximate surface area is 124 Å². The molecular weight excluding hydrogens is 252 g/mol. The van der Waals surface area contributed by atoms with E-state index >= 15 is 0 Å². The van der Waals surface area contributed by atoms with Gasteiger partial charge in [0.15, 0.2) is 0 Å². The zero-order chi connectivity index (χ0) is 15.2. The molecule has 4 nitrogen and oxygen atoms in total. The lowest BCUT2D eigenvalue weighted by Gasteiger charge is -2.38. The molecule has 2 N–H and O–H groups in total. The number of hydrogen-bond acceptors (Lipinski definition) is 4. The van der Waals surface area contributed by atoms with E-state index in [4.69, 9.17) is 4.74 Å². The van der Waals surface area contributed by atoms with Gasteiger partial charge in [-0.2, -0.15) is 0 Å². The van der Waals surface area contributed by atoms with Crippen LogP contribution in [0.15, 0.2) is 0 Å². The minimum atomic E-state index is -0.211. The van der Waals surface area contributed by atoms with Crippen molar-refractivity contribution >= 4 is 0 Å². The number of aliphatic hydroxyl groups excluding tert-OH is 1. The molecule has 0 aromatic carbocycles. The summed E-state index contributed by atoms with van der Waals surface area (Å²) in [4.78, 5) is 2.48. The van der Waals surface area contributed by atoms with E-state index in [1.165, 1.54) is 12.8 Å². The van der Waals surface area contributed by atoms with Crippen LogP contribution in [-0.4, -0.2) is 60.0 Å². The third-order valence-electron chi connectivity index (χ3n) is 4.22. The standard InChI is InChI=1S/C16H34N2O2/c1-6-18(11-15-8-7-9-20-15)14(4)10-16(5,12-19)17-13(2)3/h13-15,17,19H,6-12H2,1-5H3. The Morgan fingerprint density at radius 1 is 1.40 bits per heavy atom. The molecule has 1 saturated heterocycles. The van der Waals surface area contributed by atoms with E-state index in [1.54, 1.807) is 0 Å². The van der Waals surface area contributed by atoms with Crippen LogP contribution in [0.2, 0.25) is 0 Å². The smallest absolute Gasteiger partial charge is 0.0702 e. The zero-order valence-corrected chi connectivity index (χ0v) is 14.0. The van der Waals surface area contributed by atoms with E-state index in [9.17, 15) is 5.11 Å². The van der Waals surface area contributed by atoms with Crippen molar-refractivity contribution in [2.75, 3.05) is 26.3 Å². The molecule has 0 radical (unpaired) electrons. The van der Waals surface area contributed by atoms with Gasteiger partial charge in [-0.05, 0) is 39.7 Å². The number of ether oxygens (including phenoxy) is 1. The molecule has 0 bridgehead atoms. The Hall–Kier alpha value is -0.160. The minimum absolute atomic E-state index is 0.174. The van der Waals surface area contributed by atoms with E-state index in [1.807, 2.05) is 0 Å². The molecule has 1 fully saturated rings. The predicted molar refractivity (Wildman–Crippen MR) is 84.1 cm³/mol. The molecule has 0 amide bonds. The van der Waals surface area contributed by atoms with Crippen LogP contribution in [0, 0.1) is 0 Å². The fraction of sp³-hybridized carbons (Fsp3) is 1.00. The van der Waals surface area contributed by atoms with Gasteiger partial charge in [-0.15, -0.1) is 0 Å². The van der Waals surface area contributed by atoms with Crippen LogP contribution >= 0.6 is 0 Å². The van der Waals surface area contributed by atoms with E-state index < -0.39 is 0 Å². The number of aliphatic hydroxyl groups is 1. The van der Waals surface area contributed by atoms with Gasteiger partial charge < -0.3 is 15.2 Å². The maximum atomic E-state index is 9.72. The van der Waals surface area contributed by atoms with Crippen molar-refractivity contribution in [1.82, 2.24) is 10.2 Å². The molecule has 0 aliphatic carbocycles. The van der Waals surface area contributed by atoms with Crippen molar-refractivity contribution in [3.63, 3.8) is 0 Å². The minimum Gasteiger partial charge on any atom is -0.394 e. The van der Waals surface area contributed by atoms with Crippen LogP contribution in [-0.2, 0) is 4.74 Å². The first-order chi connectivity index (χ1) is 9.40. The maximum absolute atomic E-state index is 9.72. The number of hydrogen-bond donors (Lipinski definition) is 2. The topological polar surface area (TPSA) is 44.7 Å². The first kappa shape index (κ1) is 17.9. The van der Waals surface area contributed by atoms with Crippen molar-refractivity contribution in [2.45, 2.75) is 77.6 Å². The lowest BCUT2D eigenvalue weighted by Crippen LogP contribution is -2.53. The van der Waals surface area contributed by atoms with Gasteiger partial charge in [0.1, 0.15) is 0 Å². The molecule has 20 heavy (non-hydrogen) atoms. The summed E-state index contributed by atoms with van der Waals surface area (Å²) in [5, 5.41) is 13.2. The highest BCUT2D eigenvalue weighted by Gasteiger charge is 2.29. The Bertz CT molecular complexity index is 267. The van der Waals surface area contributed by atoms with Crippen LogP contribution < -0.4 is 5.32 Å². The predicted octanol–water partition coefficient (Wildman–Crippen LogP) is 2.01. The summed E-state index contributed by atoms with van der Waals surface area (Å²) in [6.07, 6.45) is 3.73. The number of rotatable bonds is 9. The third-order valence-corrected chi connectivity index (χ3v) is 4.22. The van der Waals surface area contributed by atoms with Gasteiger partial charge >= 0.3 is 0 Å². The first-order valence-electron chi connectivity index (χ1n) is 8.14. The fourth-order valence-electron chi connectivity index (χ4n) is 3.32. The summed E-state index contributed by atoms with van der Waals surface area (Å²) < 4.78 is 5.75. The molecule has 4 heteroatoms. The molecule has 1 heterocycles. The van der Waals surface area contributed by atoms with Crippen LogP contribution in [0.25, 0.3) is 0 Å². The molecule has 1 rings (SSSR count). The van der Waals surface area contributed by atoms with Crippen molar-refractivity contribution in [3.8, 4) is 0 Å². The zero-order valence-electron chi connectivity index (χ0n) is 14.0. The normalized spacial score (nSPS) is 24.3. The Morgan fingerprint density at radius 3 is 2.55 bits per heavy atom. The lowest BCUT2D eigenvalue weighted by molar-refractivity contribution is 0.0484. The summed E-state index contributed by atoms with van der Waals surface area (Å²) in [6, 6.07) is 0.820. The third kappa shape index (κ3) is 5.68. The summed E-state index contributed by atoms with van der Waals surface area (Å²) in [5.41, 5.74) is -0.211. The molecule has 3 atom stereocenters. The van der Waals surface area contributed by atoms with Crippen LogP contribution in [0.1, 0.15) is 53.9 Å². The second-order valence-corrected chi connectivity index (χ2v) is 6.79. The van der Waals surface area contributed by atoms with Gasteiger partial charge in [-0.3, -0.25) is 4.90 Å². The molecule has 0 aromatic rings. The lowest BCUT2D eigenvalue weighted by atomic mass is 9.92. The molecular formula is C16H34N2O2. The average molecular weight is 286 g/mol. The number of nitrogens with one attached hydrogen (secondary N) is 1.